The topological polar surface area (TPSA) is 79.4 Å². The molecule has 7 nitrogen and oxygen atoms in total. The Bertz CT molecular complexity index is 748. The number of nitrogens with zero attached hydrogens (tertiary/aromatic N) is 3. The molecule has 2 heterocycles. The molecule has 0 atom stereocenters. The van der Waals surface area contributed by atoms with Crippen molar-refractivity contribution in [2.45, 2.75) is 0 Å². The van der Waals surface area contributed by atoms with Gasteiger partial charge in [-0.2, -0.15) is 0 Å². The van der Waals surface area contributed by atoms with Crippen molar-refractivity contribution in [1.82, 2.24) is 20.2 Å². The number of hydrogen-bond acceptors (Lipinski definition) is 6. The summed E-state index contributed by atoms with van der Waals surface area (Å²) < 4.78 is 5.30. The molecule has 1 aliphatic heterocycles. The summed E-state index contributed by atoms with van der Waals surface area (Å²) in [5.41, 5.74) is 0.935. The van der Waals surface area contributed by atoms with Crippen molar-refractivity contribution in [3.8, 4) is 0 Å². The van der Waals surface area contributed by atoms with Gasteiger partial charge < -0.3 is 15.4 Å². The summed E-state index contributed by atoms with van der Waals surface area (Å²) in [6, 6.07) is 6.60. The van der Waals surface area contributed by atoms with E-state index in [1.807, 2.05) is 0 Å². The molecule has 1 saturated heterocycles. The molecule has 0 bridgehead atoms. The van der Waals surface area contributed by atoms with Gasteiger partial charge in [0.1, 0.15) is 5.69 Å². The van der Waals surface area contributed by atoms with E-state index in [-0.39, 0.29) is 11.6 Å². The zero-order chi connectivity index (χ0) is 18.4. The van der Waals surface area contributed by atoms with E-state index in [1.165, 1.54) is 6.20 Å². The maximum Gasteiger partial charge on any atom is 0.270 e. The van der Waals surface area contributed by atoms with Gasteiger partial charge in [-0.25, -0.2) is 9.97 Å². The maximum absolute atomic E-state index is 12.3. The molecular weight excluding hydrogens is 377 g/mol. The maximum atomic E-state index is 12.3. The van der Waals surface area contributed by atoms with Gasteiger partial charge in [0.2, 0.25) is 5.95 Å². The molecule has 1 aliphatic rings. The van der Waals surface area contributed by atoms with Gasteiger partial charge in [-0.05, 0) is 24.3 Å². The average Bonchev–Trinajstić information content (AvgIpc) is 2.62. The highest BCUT2D eigenvalue weighted by Crippen LogP contribution is 2.24. The quantitative estimate of drug-likeness (QED) is 0.782. The molecule has 138 valence electrons. The van der Waals surface area contributed by atoms with E-state index in [0.29, 0.717) is 28.2 Å². The van der Waals surface area contributed by atoms with Crippen LogP contribution in [0, 0.1) is 0 Å². The van der Waals surface area contributed by atoms with E-state index < -0.39 is 0 Å². The normalized spacial score (nSPS) is 14.8. The van der Waals surface area contributed by atoms with Crippen molar-refractivity contribution in [2.75, 3.05) is 44.7 Å². The van der Waals surface area contributed by atoms with Gasteiger partial charge in [-0.1, -0.05) is 23.2 Å². The SMILES string of the molecule is O=C(NCCN1CCOCC1)c1ccnc(Nc2cc(Cl)cc(Cl)c2)n1. The Morgan fingerprint density at radius 3 is 2.65 bits per heavy atom. The number of anilines is 2. The zero-order valence-electron chi connectivity index (χ0n) is 14.0. The standard InChI is InChI=1S/C17H19Cl2N5O2/c18-12-9-13(19)11-14(10-12)22-17-21-2-1-15(23-17)16(25)20-3-4-24-5-7-26-8-6-24/h1-2,9-11H,3-8H2,(H,20,25)(H,21,22,23). The highest BCUT2D eigenvalue weighted by atomic mass is 35.5. The summed E-state index contributed by atoms with van der Waals surface area (Å²) in [6.45, 7) is 4.59. The number of amides is 1. The first-order chi connectivity index (χ1) is 12.6. The van der Waals surface area contributed by atoms with Crippen molar-refractivity contribution in [2.24, 2.45) is 0 Å². The number of rotatable bonds is 6. The van der Waals surface area contributed by atoms with Crippen molar-refractivity contribution in [3.05, 3.63) is 46.2 Å². The van der Waals surface area contributed by atoms with E-state index in [1.54, 1.807) is 24.3 Å². The second-order valence-corrected chi connectivity index (χ2v) is 6.63. The molecule has 9 heteroatoms. The minimum atomic E-state index is -0.243. The number of aromatic nitrogens is 2. The third kappa shape index (κ3) is 5.54. The number of morpholine rings is 1. The van der Waals surface area contributed by atoms with Crippen LogP contribution >= 0.6 is 23.2 Å². The number of halogens is 2. The lowest BCUT2D eigenvalue weighted by Gasteiger charge is -2.26. The average molecular weight is 396 g/mol. The fraction of sp³-hybridized carbons (Fsp3) is 0.353. The Morgan fingerprint density at radius 2 is 1.92 bits per heavy atom. The molecule has 0 unspecified atom stereocenters. The van der Waals surface area contributed by atoms with Gasteiger partial charge in [0.25, 0.3) is 5.91 Å². The zero-order valence-corrected chi connectivity index (χ0v) is 15.6. The molecule has 1 amide bonds. The van der Waals surface area contributed by atoms with Crippen LogP contribution in [0.15, 0.2) is 30.5 Å². The van der Waals surface area contributed by atoms with E-state index in [4.69, 9.17) is 27.9 Å². The number of nitrogens with one attached hydrogen (secondary N) is 2. The van der Waals surface area contributed by atoms with Gasteiger partial charge in [0.05, 0.1) is 13.2 Å². The van der Waals surface area contributed by atoms with Crippen molar-refractivity contribution >= 4 is 40.7 Å². The van der Waals surface area contributed by atoms with Gasteiger partial charge >= 0.3 is 0 Å². The number of carbonyl (C=O) groups excluding carboxylic acids is 1. The highest BCUT2D eigenvalue weighted by molar-refractivity contribution is 6.35. The molecule has 1 aromatic carbocycles. The summed E-state index contributed by atoms with van der Waals surface area (Å²) in [4.78, 5) is 22.9. The Kier molecular flexibility index (Phi) is 6.62. The van der Waals surface area contributed by atoms with Gasteiger partial charge in [-0.15, -0.1) is 0 Å². The van der Waals surface area contributed by atoms with Crippen molar-refractivity contribution in [3.63, 3.8) is 0 Å². The lowest BCUT2D eigenvalue weighted by Crippen LogP contribution is -2.41. The summed E-state index contributed by atoms with van der Waals surface area (Å²) in [6.07, 6.45) is 1.53. The van der Waals surface area contributed by atoms with Crippen LogP contribution in [0.25, 0.3) is 0 Å². The van der Waals surface area contributed by atoms with Crippen LogP contribution in [0.2, 0.25) is 10.0 Å². The smallest absolute Gasteiger partial charge is 0.270 e. The first-order valence-electron chi connectivity index (χ1n) is 8.24. The molecule has 0 aliphatic carbocycles. The largest absolute Gasteiger partial charge is 0.379 e. The molecule has 3 rings (SSSR count). The lowest BCUT2D eigenvalue weighted by atomic mass is 10.3. The Balaban J connectivity index is 1.56. The minimum absolute atomic E-state index is 0.243. The fourth-order valence-electron chi connectivity index (χ4n) is 2.54. The number of benzene rings is 1. The monoisotopic (exact) mass is 395 g/mol. The van der Waals surface area contributed by atoms with Crippen LogP contribution < -0.4 is 10.6 Å². The first kappa shape index (κ1) is 18.8. The van der Waals surface area contributed by atoms with Crippen LogP contribution in [0.5, 0.6) is 0 Å². The molecule has 1 aromatic heterocycles. The van der Waals surface area contributed by atoms with Crippen LogP contribution in [0.3, 0.4) is 0 Å². The third-order valence-electron chi connectivity index (χ3n) is 3.82. The predicted octanol–water partition coefficient (Wildman–Crippen LogP) is 2.59. The molecule has 0 saturated carbocycles. The number of carbonyl (C=O) groups is 1. The summed E-state index contributed by atoms with van der Waals surface area (Å²) >= 11 is 12.0. The van der Waals surface area contributed by atoms with E-state index in [9.17, 15) is 4.79 Å². The first-order valence-corrected chi connectivity index (χ1v) is 9.00. The van der Waals surface area contributed by atoms with Crippen LogP contribution in [-0.4, -0.2) is 60.2 Å². The molecule has 2 N–H and O–H groups in total. The summed E-state index contributed by atoms with van der Waals surface area (Å²) in [5.74, 6) is 0.0528. The Hall–Kier alpha value is -1.93. The highest BCUT2D eigenvalue weighted by Gasteiger charge is 2.12. The van der Waals surface area contributed by atoms with Crippen LogP contribution in [0.1, 0.15) is 10.5 Å². The number of hydrogen-bond donors (Lipinski definition) is 2. The van der Waals surface area contributed by atoms with E-state index >= 15 is 0 Å². The third-order valence-corrected chi connectivity index (χ3v) is 4.26. The van der Waals surface area contributed by atoms with Gasteiger partial charge in [-0.3, -0.25) is 9.69 Å². The molecule has 0 radical (unpaired) electrons. The minimum Gasteiger partial charge on any atom is -0.379 e. The lowest BCUT2D eigenvalue weighted by molar-refractivity contribution is 0.0383. The summed E-state index contributed by atoms with van der Waals surface area (Å²) in [5, 5.41) is 6.86. The Labute approximate surface area is 161 Å². The number of ether oxygens (including phenoxy) is 1. The van der Waals surface area contributed by atoms with Gasteiger partial charge in [0.15, 0.2) is 0 Å². The second-order valence-electron chi connectivity index (χ2n) is 5.76. The fourth-order valence-corrected chi connectivity index (χ4v) is 3.07. The summed E-state index contributed by atoms with van der Waals surface area (Å²) in [7, 11) is 0. The van der Waals surface area contributed by atoms with Crippen molar-refractivity contribution < 1.29 is 9.53 Å². The molecule has 1 fully saturated rings. The van der Waals surface area contributed by atoms with Gasteiger partial charge in [0, 0.05) is 48.1 Å². The van der Waals surface area contributed by atoms with Crippen LogP contribution in [-0.2, 0) is 4.74 Å². The molecule has 2 aromatic rings. The van der Waals surface area contributed by atoms with Crippen LogP contribution in [0.4, 0.5) is 11.6 Å². The Morgan fingerprint density at radius 1 is 1.19 bits per heavy atom. The van der Waals surface area contributed by atoms with E-state index in [2.05, 4.69) is 25.5 Å². The molecule has 0 spiro atoms. The van der Waals surface area contributed by atoms with Crippen molar-refractivity contribution in [1.29, 1.82) is 0 Å². The van der Waals surface area contributed by atoms with E-state index in [0.717, 1.165) is 32.8 Å². The second kappa shape index (κ2) is 9.14. The molecule has 26 heavy (non-hydrogen) atoms. The molecular formula is C17H19Cl2N5O2. The predicted molar refractivity (Wildman–Crippen MR) is 101 cm³/mol.